The van der Waals surface area contributed by atoms with Gasteiger partial charge in [0.1, 0.15) is 18.3 Å². The van der Waals surface area contributed by atoms with Gasteiger partial charge in [-0.1, -0.05) is 66.7 Å². The fraction of sp³-hybridized carbons (Fsp3) is 0.394. The molecule has 0 saturated heterocycles. The molecule has 44 heavy (non-hydrogen) atoms. The van der Waals surface area contributed by atoms with Crippen LogP contribution in [0.5, 0.6) is 5.75 Å². The maximum atomic E-state index is 14.3. The molecule has 3 aromatic carbocycles. The van der Waals surface area contributed by atoms with E-state index in [1.54, 1.807) is 54.6 Å². The van der Waals surface area contributed by atoms with Crippen molar-refractivity contribution in [1.29, 1.82) is 0 Å². The summed E-state index contributed by atoms with van der Waals surface area (Å²) >= 11 is 13.0. The summed E-state index contributed by atoms with van der Waals surface area (Å²) in [6, 6.07) is 17.2. The second-order valence-corrected chi connectivity index (χ2v) is 13.6. The zero-order valence-electron chi connectivity index (χ0n) is 25.3. The Kier molecular flexibility index (Phi) is 11.6. The van der Waals surface area contributed by atoms with Gasteiger partial charge >= 0.3 is 0 Å². The van der Waals surface area contributed by atoms with Crippen molar-refractivity contribution >= 4 is 50.7 Å². The standard InChI is InChI=1S/C33H39Cl2N3O5S/c1-4-31(33(40)36-24-9-6-7-10-24)37(21-28-29(34)11-8-12-30(28)35)32(39)22-38(25-15-17-26(18-16-25)43-5-2)44(41,42)27-19-13-23(3)14-20-27/h8,11-20,24,31H,4-7,9-10,21-22H2,1-3H3,(H,36,40). The number of aryl methyl sites for hydroxylation is 1. The van der Waals surface area contributed by atoms with Gasteiger partial charge in [0.25, 0.3) is 10.0 Å². The molecule has 1 fully saturated rings. The molecule has 1 aliphatic carbocycles. The van der Waals surface area contributed by atoms with Crippen molar-refractivity contribution < 1.29 is 22.7 Å². The van der Waals surface area contributed by atoms with Gasteiger partial charge in [-0.05, 0) is 81.6 Å². The monoisotopic (exact) mass is 659 g/mol. The highest BCUT2D eigenvalue weighted by atomic mass is 35.5. The molecule has 1 atom stereocenters. The van der Waals surface area contributed by atoms with E-state index in [0.29, 0.717) is 34.4 Å². The molecule has 0 radical (unpaired) electrons. The Balaban J connectivity index is 1.74. The first kappa shape index (κ1) is 33.6. The number of sulfonamides is 1. The van der Waals surface area contributed by atoms with E-state index in [0.717, 1.165) is 35.6 Å². The van der Waals surface area contributed by atoms with Crippen LogP contribution in [0, 0.1) is 6.92 Å². The number of benzene rings is 3. The van der Waals surface area contributed by atoms with Crippen LogP contribution in [0.15, 0.2) is 71.6 Å². The first-order chi connectivity index (χ1) is 21.0. The molecule has 2 amide bonds. The van der Waals surface area contributed by atoms with E-state index < -0.39 is 28.5 Å². The second kappa shape index (κ2) is 15.1. The van der Waals surface area contributed by atoms with Crippen LogP contribution < -0.4 is 14.4 Å². The number of ether oxygens (including phenoxy) is 1. The van der Waals surface area contributed by atoms with E-state index in [9.17, 15) is 18.0 Å². The molecule has 0 aliphatic heterocycles. The molecule has 8 nitrogen and oxygen atoms in total. The van der Waals surface area contributed by atoms with Gasteiger partial charge in [-0.2, -0.15) is 0 Å². The summed E-state index contributed by atoms with van der Waals surface area (Å²) in [5.41, 5.74) is 1.65. The number of hydrogen-bond donors (Lipinski definition) is 1. The molecule has 0 bridgehead atoms. The van der Waals surface area contributed by atoms with Gasteiger partial charge in [0.05, 0.1) is 17.2 Å². The first-order valence-corrected chi connectivity index (χ1v) is 17.1. The SMILES string of the molecule is CCOc1ccc(N(CC(=O)N(Cc2c(Cl)cccc2Cl)C(CC)C(=O)NC2CCCC2)S(=O)(=O)c2ccc(C)cc2)cc1. The number of carbonyl (C=O) groups is 2. The number of carbonyl (C=O) groups excluding carboxylic acids is 2. The molecular weight excluding hydrogens is 621 g/mol. The van der Waals surface area contributed by atoms with E-state index in [1.165, 1.54) is 17.0 Å². The van der Waals surface area contributed by atoms with E-state index in [4.69, 9.17) is 27.9 Å². The predicted octanol–water partition coefficient (Wildman–Crippen LogP) is 6.76. The summed E-state index contributed by atoms with van der Waals surface area (Å²) in [5.74, 6) is -0.288. The molecule has 3 aromatic rings. The third-order valence-corrected chi connectivity index (χ3v) is 10.3. The molecule has 0 heterocycles. The van der Waals surface area contributed by atoms with Crippen molar-refractivity contribution in [2.45, 2.75) is 76.4 Å². The van der Waals surface area contributed by atoms with Gasteiger partial charge < -0.3 is 15.0 Å². The minimum Gasteiger partial charge on any atom is -0.494 e. The lowest BCUT2D eigenvalue weighted by Gasteiger charge is -2.34. The Bertz CT molecular complexity index is 1520. The van der Waals surface area contributed by atoms with Crippen LogP contribution in [0.3, 0.4) is 0 Å². The third kappa shape index (κ3) is 8.06. The Morgan fingerprint density at radius 3 is 2.14 bits per heavy atom. The van der Waals surface area contributed by atoms with Gasteiger partial charge in [0.15, 0.2) is 0 Å². The van der Waals surface area contributed by atoms with Crippen molar-refractivity contribution in [3.63, 3.8) is 0 Å². The Morgan fingerprint density at radius 2 is 1.57 bits per heavy atom. The zero-order chi connectivity index (χ0) is 31.9. The molecule has 11 heteroatoms. The zero-order valence-corrected chi connectivity index (χ0v) is 27.6. The van der Waals surface area contributed by atoms with Gasteiger partial charge in [-0.15, -0.1) is 0 Å². The lowest BCUT2D eigenvalue weighted by atomic mass is 10.1. The number of halogens is 2. The highest BCUT2D eigenvalue weighted by Crippen LogP contribution is 2.30. The summed E-state index contributed by atoms with van der Waals surface area (Å²) in [7, 11) is -4.19. The number of anilines is 1. The fourth-order valence-electron chi connectivity index (χ4n) is 5.38. The van der Waals surface area contributed by atoms with Gasteiger partial charge in [-0.3, -0.25) is 13.9 Å². The molecule has 4 rings (SSSR count). The summed E-state index contributed by atoms with van der Waals surface area (Å²) in [6.45, 7) is 5.36. The van der Waals surface area contributed by atoms with Crippen LogP contribution in [0.1, 0.15) is 57.1 Å². The lowest BCUT2D eigenvalue weighted by Crippen LogP contribution is -2.53. The number of rotatable bonds is 13. The van der Waals surface area contributed by atoms with Gasteiger partial charge in [-0.25, -0.2) is 8.42 Å². The molecule has 1 N–H and O–H groups in total. The number of nitrogens with zero attached hydrogens (tertiary/aromatic N) is 2. The van der Waals surface area contributed by atoms with Crippen LogP contribution in [-0.4, -0.2) is 50.4 Å². The van der Waals surface area contributed by atoms with Crippen LogP contribution in [0.25, 0.3) is 0 Å². The molecule has 236 valence electrons. The number of amides is 2. The first-order valence-electron chi connectivity index (χ1n) is 14.9. The normalized spacial score (nSPS) is 14.2. The lowest BCUT2D eigenvalue weighted by molar-refractivity contribution is -0.140. The molecule has 1 aliphatic rings. The summed E-state index contributed by atoms with van der Waals surface area (Å²) in [5, 5.41) is 3.79. The average Bonchev–Trinajstić information content (AvgIpc) is 3.51. The molecule has 1 saturated carbocycles. The number of nitrogens with one attached hydrogen (secondary N) is 1. The van der Waals surface area contributed by atoms with E-state index in [2.05, 4.69) is 5.32 Å². The van der Waals surface area contributed by atoms with E-state index in [-0.39, 0.29) is 29.1 Å². The van der Waals surface area contributed by atoms with Gasteiger partial charge in [0.2, 0.25) is 11.8 Å². The van der Waals surface area contributed by atoms with Crippen LogP contribution >= 0.6 is 23.2 Å². The molecule has 0 aromatic heterocycles. The van der Waals surface area contributed by atoms with Crippen molar-refractivity contribution in [1.82, 2.24) is 10.2 Å². The van der Waals surface area contributed by atoms with Crippen LogP contribution in [0.4, 0.5) is 5.69 Å². The van der Waals surface area contributed by atoms with Crippen LogP contribution in [0.2, 0.25) is 10.0 Å². The van der Waals surface area contributed by atoms with Crippen molar-refractivity contribution in [2.75, 3.05) is 17.5 Å². The Hall–Kier alpha value is -3.27. The third-order valence-electron chi connectivity index (χ3n) is 7.80. The maximum Gasteiger partial charge on any atom is 0.264 e. The highest BCUT2D eigenvalue weighted by Gasteiger charge is 2.35. The second-order valence-electron chi connectivity index (χ2n) is 10.9. The highest BCUT2D eigenvalue weighted by molar-refractivity contribution is 7.92. The molecular formula is C33H39Cl2N3O5S. The van der Waals surface area contributed by atoms with E-state index in [1.807, 2.05) is 20.8 Å². The van der Waals surface area contributed by atoms with Gasteiger partial charge in [0, 0.05) is 28.2 Å². The maximum absolute atomic E-state index is 14.3. The quantitative estimate of drug-likeness (QED) is 0.219. The van der Waals surface area contributed by atoms with Crippen molar-refractivity contribution in [3.05, 3.63) is 87.9 Å². The van der Waals surface area contributed by atoms with Crippen molar-refractivity contribution in [2.24, 2.45) is 0 Å². The fourth-order valence-corrected chi connectivity index (χ4v) is 7.31. The minimum atomic E-state index is -4.19. The largest absolute Gasteiger partial charge is 0.494 e. The minimum absolute atomic E-state index is 0.0384. The Morgan fingerprint density at radius 1 is 0.955 bits per heavy atom. The summed E-state index contributed by atoms with van der Waals surface area (Å²) in [6.07, 6.45) is 4.14. The average molecular weight is 661 g/mol. The molecule has 1 unspecified atom stereocenters. The predicted molar refractivity (Wildman–Crippen MR) is 175 cm³/mol. The smallest absolute Gasteiger partial charge is 0.264 e. The topological polar surface area (TPSA) is 96.0 Å². The van der Waals surface area contributed by atoms with E-state index >= 15 is 0 Å². The Labute approximate surface area is 270 Å². The van der Waals surface area contributed by atoms with Crippen molar-refractivity contribution in [3.8, 4) is 5.75 Å². The number of hydrogen-bond acceptors (Lipinski definition) is 5. The summed E-state index contributed by atoms with van der Waals surface area (Å²) < 4.78 is 34.8. The molecule has 0 spiro atoms. The van der Waals surface area contributed by atoms with Crippen LogP contribution in [-0.2, 0) is 26.2 Å². The summed E-state index contributed by atoms with van der Waals surface area (Å²) in [4.78, 5) is 29.4.